The molecule has 0 saturated carbocycles. The molecule has 0 bridgehead atoms. The molecule has 0 heterocycles. The summed E-state index contributed by atoms with van der Waals surface area (Å²) in [6.45, 7) is 5.29. The van der Waals surface area contributed by atoms with Crippen LogP contribution < -0.4 is 5.32 Å². The topological polar surface area (TPSA) is 35.8 Å². The van der Waals surface area contributed by atoms with E-state index in [0.29, 0.717) is 18.4 Å². The number of nitrogens with one attached hydrogen (secondary N) is 1. The standard InChI is InChI=1S/C9H18N2S/c1-8(7-12-3)6-11-9(2)4-5-10/h8-9,11H,4,6-7H2,1-3H3. The van der Waals surface area contributed by atoms with Crippen molar-refractivity contribution in [2.24, 2.45) is 5.92 Å². The first kappa shape index (κ1) is 11.8. The Morgan fingerprint density at radius 2 is 2.17 bits per heavy atom. The van der Waals surface area contributed by atoms with Crippen LogP contribution in [-0.4, -0.2) is 24.6 Å². The molecule has 2 unspecified atom stereocenters. The second-order valence-electron chi connectivity index (χ2n) is 3.23. The van der Waals surface area contributed by atoms with E-state index in [1.54, 1.807) is 0 Å². The fraction of sp³-hybridized carbons (Fsp3) is 0.889. The lowest BCUT2D eigenvalue weighted by atomic mass is 10.2. The van der Waals surface area contributed by atoms with Gasteiger partial charge in [0.2, 0.25) is 0 Å². The Bertz CT molecular complexity index is 142. The molecule has 0 amide bonds. The van der Waals surface area contributed by atoms with Gasteiger partial charge in [0, 0.05) is 6.04 Å². The van der Waals surface area contributed by atoms with Crippen molar-refractivity contribution in [1.29, 1.82) is 5.26 Å². The first-order valence-electron chi connectivity index (χ1n) is 4.30. The quantitative estimate of drug-likeness (QED) is 0.688. The molecule has 0 aromatic rings. The van der Waals surface area contributed by atoms with Gasteiger partial charge in [-0.2, -0.15) is 17.0 Å². The summed E-state index contributed by atoms with van der Waals surface area (Å²) in [7, 11) is 0. The summed E-state index contributed by atoms with van der Waals surface area (Å²) < 4.78 is 0. The average Bonchev–Trinajstić information content (AvgIpc) is 2.02. The highest BCUT2D eigenvalue weighted by Gasteiger charge is 2.03. The minimum absolute atomic E-state index is 0.333. The molecule has 70 valence electrons. The lowest BCUT2D eigenvalue weighted by Gasteiger charge is -2.14. The first-order chi connectivity index (χ1) is 5.70. The second-order valence-corrected chi connectivity index (χ2v) is 4.14. The maximum Gasteiger partial charge on any atom is 0.0638 e. The third kappa shape index (κ3) is 6.51. The third-order valence-electron chi connectivity index (χ3n) is 1.66. The van der Waals surface area contributed by atoms with Crippen molar-refractivity contribution >= 4 is 11.8 Å². The van der Waals surface area contributed by atoms with Crippen molar-refractivity contribution in [3.8, 4) is 6.07 Å². The molecule has 2 atom stereocenters. The predicted octanol–water partition coefficient (Wildman–Crippen LogP) is 1.88. The van der Waals surface area contributed by atoms with Crippen molar-refractivity contribution < 1.29 is 0 Å². The molecule has 0 radical (unpaired) electrons. The molecule has 0 rings (SSSR count). The molecule has 0 spiro atoms. The van der Waals surface area contributed by atoms with Gasteiger partial charge in [-0.15, -0.1) is 0 Å². The SMILES string of the molecule is CSCC(C)CNC(C)CC#N. The van der Waals surface area contributed by atoms with Crippen LogP contribution in [0.5, 0.6) is 0 Å². The number of nitrogens with zero attached hydrogens (tertiary/aromatic N) is 1. The minimum Gasteiger partial charge on any atom is -0.313 e. The molecule has 1 N–H and O–H groups in total. The Balaban J connectivity index is 3.34. The van der Waals surface area contributed by atoms with Crippen LogP contribution in [-0.2, 0) is 0 Å². The summed E-state index contributed by atoms with van der Waals surface area (Å²) in [6, 6.07) is 2.49. The number of hydrogen-bond donors (Lipinski definition) is 1. The molecular formula is C9H18N2S. The Hall–Kier alpha value is -0.200. The maximum atomic E-state index is 8.41. The van der Waals surface area contributed by atoms with E-state index in [2.05, 4.69) is 31.5 Å². The first-order valence-corrected chi connectivity index (χ1v) is 5.69. The van der Waals surface area contributed by atoms with Gasteiger partial charge in [0.15, 0.2) is 0 Å². The average molecular weight is 186 g/mol. The van der Waals surface area contributed by atoms with Gasteiger partial charge in [0.05, 0.1) is 12.5 Å². The van der Waals surface area contributed by atoms with Gasteiger partial charge in [0.1, 0.15) is 0 Å². The number of thioether (sulfide) groups is 1. The van der Waals surface area contributed by atoms with Gasteiger partial charge >= 0.3 is 0 Å². The highest BCUT2D eigenvalue weighted by Crippen LogP contribution is 2.03. The van der Waals surface area contributed by atoms with Gasteiger partial charge in [-0.25, -0.2) is 0 Å². The van der Waals surface area contributed by atoms with Crippen LogP contribution in [0.2, 0.25) is 0 Å². The molecule has 0 aliphatic heterocycles. The zero-order valence-electron chi connectivity index (χ0n) is 8.13. The molecule has 0 aliphatic rings. The lowest BCUT2D eigenvalue weighted by Crippen LogP contribution is -2.30. The second kappa shape index (κ2) is 7.45. The van der Waals surface area contributed by atoms with Gasteiger partial charge < -0.3 is 5.32 Å². The van der Waals surface area contributed by atoms with Crippen molar-refractivity contribution in [3.05, 3.63) is 0 Å². The van der Waals surface area contributed by atoms with Gasteiger partial charge in [-0.1, -0.05) is 6.92 Å². The van der Waals surface area contributed by atoms with Crippen molar-refractivity contribution in [3.63, 3.8) is 0 Å². The van der Waals surface area contributed by atoms with Crippen molar-refractivity contribution in [2.45, 2.75) is 26.3 Å². The molecule has 2 nitrogen and oxygen atoms in total. The Morgan fingerprint density at radius 1 is 1.50 bits per heavy atom. The summed E-state index contributed by atoms with van der Waals surface area (Å²) in [6.07, 6.45) is 2.72. The number of nitriles is 1. The molecule has 0 saturated heterocycles. The van der Waals surface area contributed by atoms with Gasteiger partial charge in [-0.3, -0.25) is 0 Å². The molecule has 0 aromatic carbocycles. The molecule has 0 aliphatic carbocycles. The van der Waals surface area contributed by atoms with E-state index in [9.17, 15) is 0 Å². The fourth-order valence-electron chi connectivity index (χ4n) is 0.955. The van der Waals surface area contributed by atoms with Crippen LogP contribution in [0.4, 0.5) is 0 Å². The van der Waals surface area contributed by atoms with E-state index in [1.165, 1.54) is 5.75 Å². The van der Waals surface area contributed by atoms with Gasteiger partial charge in [0.25, 0.3) is 0 Å². The highest BCUT2D eigenvalue weighted by atomic mass is 32.2. The van der Waals surface area contributed by atoms with E-state index in [0.717, 1.165) is 6.54 Å². The van der Waals surface area contributed by atoms with Gasteiger partial charge in [-0.05, 0) is 31.4 Å². The maximum absolute atomic E-state index is 8.41. The molecule has 3 heteroatoms. The monoisotopic (exact) mass is 186 g/mol. The third-order valence-corrected chi connectivity index (χ3v) is 2.57. The van der Waals surface area contributed by atoms with E-state index in [-0.39, 0.29) is 0 Å². The largest absolute Gasteiger partial charge is 0.313 e. The summed E-state index contributed by atoms with van der Waals surface area (Å²) in [5, 5.41) is 11.7. The highest BCUT2D eigenvalue weighted by molar-refractivity contribution is 7.98. The molecule has 0 aromatic heterocycles. The molecule has 12 heavy (non-hydrogen) atoms. The van der Waals surface area contributed by atoms with E-state index < -0.39 is 0 Å². The summed E-state index contributed by atoms with van der Waals surface area (Å²) in [5.74, 6) is 1.88. The molecular weight excluding hydrogens is 168 g/mol. The predicted molar refractivity (Wildman–Crippen MR) is 55.2 cm³/mol. The van der Waals surface area contributed by atoms with Crippen LogP contribution in [0, 0.1) is 17.2 Å². The van der Waals surface area contributed by atoms with Crippen LogP contribution in [0.25, 0.3) is 0 Å². The molecule has 0 fully saturated rings. The fourth-order valence-corrected chi connectivity index (χ4v) is 1.64. The Labute approximate surface area is 79.7 Å². The van der Waals surface area contributed by atoms with Crippen LogP contribution in [0.15, 0.2) is 0 Å². The van der Waals surface area contributed by atoms with Crippen LogP contribution >= 0.6 is 11.8 Å². The lowest BCUT2D eigenvalue weighted by molar-refractivity contribution is 0.493. The summed E-state index contributed by atoms with van der Waals surface area (Å²) >= 11 is 1.87. The number of hydrogen-bond acceptors (Lipinski definition) is 3. The number of rotatable bonds is 6. The van der Waals surface area contributed by atoms with E-state index in [1.807, 2.05) is 11.8 Å². The summed E-state index contributed by atoms with van der Waals surface area (Å²) in [5.41, 5.74) is 0. The van der Waals surface area contributed by atoms with Crippen molar-refractivity contribution in [1.82, 2.24) is 5.32 Å². The van der Waals surface area contributed by atoms with E-state index >= 15 is 0 Å². The Morgan fingerprint density at radius 3 is 2.67 bits per heavy atom. The zero-order valence-corrected chi connectivity index (χ0v) is 8.95. The van der Waals surface area contributed by atoms with Crippen LogP contribution in [0.1, 0.15) is 20.3 Å². The van der Waals surface area contributed by atoms with Crippen molar-refractivity contribution in [2.75, 3.05) is 18.6 Å². The minimum atomic E-state index is 0.333. The zero-order chi connectivity index (χ0) is 9.40. The van der Waals surface area contributed by atoms with Crippen LogP contribution in [0.3, 0.4) is 0 Å². The Kier molecular flexibility index (Phi) is 7.33. The smallest absolute Gasteiger partial charge is 0.0638 e. The summed E-state index contributed by atoms with van der Waals surface area (Å²) in [4.78, 5) is 0. The normalized spacial score (nSPS) is 15.2. The van der Waals surface area contributed by atoms with E-state index in [4.69, 9.17) is 5.26 Å².